The van der Waals surface area contributed by atoms with Gasteiger partial charge in [-0.1, -0.05) is 12.1 Å². The van der Waals surface area contributed by atoms with Gasteiger partial charge in [-0.15, -0.1) is 0 Å². The summed E-state index contributed by atoms with van der Waals surface area (Å²) in [6, 6.07) is 12.8. The zero-order valence-electron chi connectivity index (χ0n) is 10.1. The summed E-state index contributed by atoms with van der Waals surface area (Å²) in [5, 5.41) is 2.79. The van der Waals surface area contributed by atoms with Gasteiger partial charge in [-0.3, -0.25) is 4.79 Å². The van der Waals surface area contributed by atoms with Crippen LogP contribution in [0, 0.1) is 0 Å². The van der Waals surface area contributed by atoms with Crippen molar-refractivity contribution < 1.29 is 4.79 Å². The molecule has 0 aliphatic carbocycles. The van der Waals surface area contributed by atoms with Crippen molar-refractivity contribution in [3.05, 3.63) is 42.5 Å². The molecule has 0 fully saturated rings. The van der Waals surface area contributed by atoms with E-state index in [4.69, 9.17) is 11.5 Å². The molecule has 2 aromatic rings. The third kappa shape index (κ3) is 2.60. The van der Waals surface area contributed by atoms with Gasteiger partial charge in [0.1, 0.15) is 0 Å². The normalized spacial score (nSPS) is 10.1. The van der Waals surface area contributed by atoms with E-state index in [9.17, 15) is 4.79 Å². The van der Waals surface area contributed by atoms with Gasteiger partial charge in [0.25, 0.3) is 0 Å². The van der Waals surface area contributed by atoms with Crippen LogP contribution in [0.5, 0.6) is 0 Å². The Bertz CT molecular complexity index is 576. The fourth-order valence-corrected chi connectivity index (χ4v) is 1.76. The molecule has 0 unspecified atom stereocenters. The lowest BCUT2D eigenvalue weighted by atomic mass is 10.0. The van der Waals surface area contributed by atoms with E-state index in [0.29, 0.717) is 11.4 Å². The van der Waals surface area contributed by atoms with Crippen molar-refractivity contribution >= 4 is 23.0 Å². The third-order valence-electron chi connectivity index (χ3n) is 2.58. The Morgan fingerprint density at radius 3 is 2.22 bits per heavy atom. The second-order valence-corrected chi connectivity index (χ2v) is 4.11. The molecular weight excluding hydrogens is 226 g/mol. The molecule has 4 heteroatoms. The van der Waals surface area contributed by atoms with Crippen LogP contribution in [0.4, 0.5) is 17.1 Å². The van der Waals surface area contributed by atoms with Crippen molar-refractivity contribution in [1.82, 2.24) is 0 Å². The first kappa shape index (κ1) is 12.0. The molecular formula is C14H15N3O. The van der Waals surface area contributed by atoms with Gasteiger partial charge in [0.2, 0.25) is 5.91 Å². The average Bonchev–Trinajstić information content (AvgIpc) is 2.32. The number of nitrogens with two attached hydrogens (primary N) is 2. The van der Waals surface area contributed by atoms with Gasteiger partial charge in [0.15, 0.2) is 0 Å². The highest BCUT2D eigenvalue weighted by Gasteiger charge is 2.07. The lowest BCUT2D eigenvalue weighted by Crippen LogP contribution is -2.07. The van der Waals surface area contributed by atoms with Gasteiger partial charge in [0, 0.05) is 29.5 Å². The summed E-state index contributed by atoms with van der Waals surface area (Å²) < 4.78 is 0. The standard InChI is InChI=1S/C14H15N3O/c1-9(18)17-14-7-6-12(16)8-13(14)10-2-4-11(15)5-3-10/h2-8H,15-16H2,1H3,(H,17,18). The number of amides is 1. The van der Waals surface area contributed by atoms with E-state index in [1.807, 2.05) is 30.3 Å². The smallest absolute Gasteiger partial charge is 0.221 e. The lowest BCUT2D eigenvalue weighted by Gasteiger charge is -2.11. The Kier molecular flexibility index (Phi) is 3.19. The second-order valence-electron chi connectivity index (χ2n) is 4.11. The summed E-state index contributed by atoms with van der Waals surface area (Å²) in [7, 11) is 0. The molecule has 0 spiro atoms. The van der Waals surface area contributed by atoms with Gasteiger partial charge >= 0.3 is 0 Å². The minimum atomic E-state index is -0.114. The van der Waals surface area contributed by atoms with Crippen LogP contribution >= 0.6 is 0 Å². The Morgan fingerprint density at radius 2 is 1.61 bits per heavy atom. The van der Waals surface area contributed by atoms with Crippen LogP contribution in [0.15, 0.2) is 42.5 Å². The first-order chi connectivity index (χ1) is 8.56. The monoisotopic (exact) mass is 241 g/mol. The fraction of sp³-hybridized carbons (Fsp3) is 0.0714. The fourth-order valence-electron chi connectivity index (χ4n) is 1.76. The summed E-state index contributed by atoms with van der Waals surface area (Å²) in [4.78, 5) is 11.2. The highest BCUT2D eigenvalue weighted by Crippen LogP contribution is 2.30. The zero-order chi connectivity index (χ0) is 13.1. The predicted molar refractivity (Wildman–Crippen MR) is 75.0 cm³/mol. The van der Waals surface area contributed by atoms with Crippen molar-refractivity contribution in [3.63, 3.8) is 0 Å². The molecule has 0 aromatic heterocycles. The Morgan fingerprint density at radius 1 is 1.00 bits per heavy atom. The highest BCUT2D eigenvalue weighted by atomic mass is 16.1. The molecule has 2 aromatic carbocycles. The summed E-state index contributed by atoms with van der Waals surface area (Å²) in [6.07, 6.45) is 0. The van der Waals surface area contributed by atoms with Crippen molar-refractivity contribution in [3.8, 4) is 11.1 Å². The van der Waals surface area contributed by atoms with Crippen LogP contribution in [0.25, 0.3) is 11.1 Å². The van der Waals surface area contributed by atoms with Crippen molar-refractivity contribution in [2.75, 3.05) is 16.8 Å². The van der Waals surface area contributed by atoms with E-state index in [2.05, 4.69) is 5.32 Å². The zero-order valence-corrected chi connectivity index (χ0v) is 10.1. The van der Waals surface area contributed by atoms with Crippen molar-refractivity contribution in [2.24, 2.45) is 0 Å². The maximum absolute atomic E-state index is 11.2. The molecule has 0 aliphatic heterocycles. The molecule has 0 heterocycles. The predicted octanol–water partition coefficient (Wildman–Crippen LogP) is 2.48. The van der Waals surface area contributed by atoms with Crippen LogP contribution in [-0.4, -0.2) is 5.91 Å². The first-order valence-electron chi connectivity index (χ1n) is 5.59. The van der Waals surface area contributed by atoms with E-state index < -0.39 is 0 Å². The molecule has 0 bridgehead atoms. The quantitative estimate of drug-likeness (QED) is 0.706. The minimum Gasteiger partial charge on any atom is -0.399 e. The number of hydrogen-bond acceptors (Lipinski definition) is 3. The number of nitrogen functional groups attached to an aromatic ring is 2. The number of rotatable bonds is 2. The van der Waals surface area contributed by atoms with Crippen LogP contribution in [-0.2, 0) is 4.79 Å². The number of carbonyl (C=O) groups excluding carboxylic acids is 1. The van der Waals surface area contributed by atoms with Crippen LogP contribution in [0.1, 0.15) is 6.92 Å². The third-order valence-corrected chi connectivity index (χ3v) is 2.58. The molecule has 18 heavy (non-hydrogen) atoms. The second kappa shape index (κ2) is 4.79. The number of benzene rings is 2. The maximum atomic E-state index is 11.2. The van der Waals surface area contributed by atoms with E-state index in [-0.39, 0.29) is 5.91 Å². The molecule has 4 nitrogen and oxygen atoms in total. The van der Waals surface area contributed by atoms with Gasteiger partial charge in [-0.2, -0.15) is 0 Å². The van der Waals surface area contributed by atoms with E-state index >= 15 is 0 Å². The van der Waals surface area contributed by atoms with E-state index in [1.54, 1.807) is 12.1 Å². The van der Waals surface area contributed by atoms with Gasteiger partial charge < -0.3 is 16.8 Å². The van der Waals surface area contributed by atoms with E-state index in [0.717, 1.165) is 16.8 Å². The van der Waals surface area contributed by atoms with Crippen LogP contribution in [0.2, 0.25) is 0 Å². The maximum Gasteiger partial charge on any atom is 0.221 e. The summed E-state index contributed by atoms with van der Waals surface area (Å²) in [6.45, 7) is 1.48. The molecule has 0 atom stereocenters. The SMILES string of the molecule is CC(=O)Nc1ccc(N)cc1-c1ccc(N)cc1. The molecule has 0 saturated carbocycles. The molecule has 92 valence electrons. The number of carbonyl (C=O) groups is 1. The van der Waals surface area contributed by atoms with Crippen LogP contribution < -0.4 is 16.8 Å². The molecule has 0 aliphatic rings. The topological polar surface area (TPSA) is 81.1 Å². The minimum absolute atomic E-state index is 0.114. The summed E-state index contributed by atoms with van der Waals surface area (Å²) in [5.41, 5.74) is 15.4. The van der Waals surface area contributed by atoms with Gasteiger partial charge in [-0.25, -0.2) is 0 Å². The summed E-state index contributed by atoms with van der Waals surface area (Å²) in [5.74, 6) is -0.114. The van der Waals surface area contributed by atoms with Crippen molar-refractivity contribution in [2.45, 2.75) is 6.92 Å². The van der Waals surface area contributed by atoms with Gasteiger partial charge in [0.05, 0.1) is 0 Å². The van der Waals surface area contributed by atoms with Crippen LogP contribution in [0.3, 0.4) is 0 Å². The van der Waals surface area contributed by atoms with Gasteiger partial charge in [-0.05, 0) is 35.9 Å². The highest BCUT2D eigenvalue weighted by molar-refractivity contribution is 5.94. The Balaban J connectivity index is 2.50. The molecule has 5 N–H and O–H groups in total. The molecule has 1 amide bonds. The lowest BCUT2D eigenvalue weighted by molar-refractivity contribution is -0.114. The van der Waals surface area contributed by atoms with Crippen molar-refractivity contribution in [1.29, 1.82) is 0 Å². The number of nitrogens with one attached hydrogen (secondary N) is 1. The first-order valence-corrected chi connectivity index (χ1v) is 5.59. The molecule has 2 rings (SSSR count). The summed E-state index contributed by atoms with van der Waals surface area (Å²) >= 11 is 0. The number of hydrogen-bond donors (Lipinski definition) is 3. The number of anilines is 3. The Labute approximate surface area is 106 Å². The molecule has 0 saturated heterocycles. The Hall–Kier alpha value is -2.49. The largest absolute Gasteiger partial charge is 0.399 e. The van der Waals surface area contributed by atoms with E-state index in [1.165, 1.54) is 6.92 Å². The molecule has 0 radical (unpaired) electrons. The average molecular weight is 241 g/mol.